The van der Waals surface area contributed by atoms with Gasteiger partial charge in [-0.05, 0) is 37.8 Å². The zero-order valence-corrected chi connectivity index (χ0v) is 10.5. The van der Waals surface area contributed by atoms with E-state index in [1.54, 1.807) is 0 Å². The number of hydrogen-bond acceptors (Lipinski definition) is 3. The molecule has 94 valence electrons. The van der Waals surface area contributed by atoms with Crippen LogP contribution in [0.5, 0.6) is 0 Å². The van der Waals surface area contributed by atoms with Crippen LogP contribution in [-0.4, -0.2) is 31.6 Å². The SMILES string of the molecule is CC(C)C(CN)CNCCC(=O)NC1CC1. The quantitative estimate of drug-likeness (QED) is 0.528. The highest BCUT2D eigenvalue weighted by atomic mass is 16.1. The maximum absolute atomic E-state index is 11.4. The Morgan fingerprint density at radius 3 is 2.62 bits per heavy atom. The molecule has 4 nitrogen and oxygen atoms in total. The van der Waals surface area contributed by atoms with Gasteiger partial charge in [-0.15, -0.1) is 0 Å². The summed E-state index contributed by atoms with van der Waals surface area (Å²) in [5.41, 5.74) is 5.67. The second-order valence-corrected chi connectivity index (χ2v) is 5.04. The molecule has 0 radical (unpaired) electrons. The Labute approximate surface area is 98.3 Å². The molecule has 1 saturated carbocycles. The van der Waals surface area contributed by atoms with Crippen molar-refractivity contribution in [3.8, 4) is 0 Å². The van der Waals surface area contributed by atoms with Crippen LogP contribution in [-0.2, 0) is 4.79 Å². The molecule has 0 spiro atoms. The van der Waals surface area contributed by atoms with Crippen LogP contribution < -0.4 is 16.4 Å². The summed E-state index contributed by atoms with van der Waals surface area (Å²) < 4.78 is 0. The highest BCUT2D eigenvalue weighted by Gasteiger charge is 2.22. The lowest BCUT2D eigenvalue weighted by atomic mass is 9.96. The van der Waals surface area contributed by atoms with E-state index < -0.39 is 0 Å². The largest absolute Gasteiger partial charge is 0.353 e. The van der Waals surface area contributed by atoms with E-state index in [0.717, 1.165) is 25.9 Å². The maximum Gasteiger partial charge on any atom is 0.221 e. The first-order valence-electron chi connectivity index (χ1n) is 6.33. The third-order valence-corrected chi connectivity index (χ3v) is 3.12. The van der Waals surface area contributed by atoms with Crippen LogP contribution in [0.3, 0.4) is 0 Å². The van der Waals surface area contributed by atoms with E-state index in [2.05, 4.69) is 24.5 Å². The molecular formula is C12H25N3O. The number of hydrogen-bond donors (Lipinski definition) is 3. The lowest BCUT2D eigenvalue weighted by Gasteiger charge is -2.19. The Hall–Kier alpha value is -0.610. The first-order valence-corrected chi connectivity index (χ1v) is 6.33. The molecule has 0 aromatic rings. The van der Waals surface area contributed by atoms with Gasteiger partial charge in [0.15, 0.2) is 0 Å². The number of amides is 1. The number of carbonyl (C=O) groups is 1. The van der Waals surface area contributed by atoms with Crippen molar-refractivity contribution in [1.82, 2.24) is 10.6 Å². The Morgan fingerprint density at radius 2 is 2.12 bits per heavy atom. The molecule has 1 fully saturated rings. The summed E-state index contributed by atoms with van der Waals surface area (Å²) in [5, 5.41) is 6.28. The Kier molecular flexibility index (Phi) is 5.77. The van der Waals surface area contributed by atoms with Gasteiger partial charge in [0, 0.05) is 19.0 Å². The molecular weight excluding hydrogens is 202 g/mol. The topological polar surface area (TPSA) is 67.1 Å². The smallest absolute Gasteiger partial charge is 0.221 e. The summed E-state index contributed by atoms with van der Waals surface area (Å²) in [4.78, 5) is 11.4. The minimum atomic E-state index is 0.170. The van der Waals surface area contributed by atoms with Crippen LogP contribution in [0.4, 0.5) is 0 Å². The summed E-state index contributed by atoms with van der Waals surface area (Å²) in [7, 11) is 0. The summed E-state index contributed by atoms with van der Waals surface area (Å²) in [5.74, 6) is 1.27. The molecule has 0 aliphatic heterocycles. The fourth-order valence-corrected chi connectivity index (χ4v) is 1.61. The molecule has 1 atom stereocenters. The van der Waals surface area contributed by atoms with Gasteiger partial charge >= 0.3 is 0 Å². The van der Waals surface area contributed by atoms with E-state index in [9.17, 15) is 4.79 Å². The van der Waals surface area contributed by atoms with Crippen LogP contribution in [0.2, 0.25) is 0 Å². The van der Waals surface area contributed by atoms with E-state index in [1.165, 1.54) is 0 Å². The fraction of sp³-hybridized carbons (Fsp3) is 0.917. The predicted molar refractivity (Wildman–Crippen MR) is 66.0 cm³/mol. The molecule has 1 unspecified atom stereocenters. The molecule has 0 saturated heterocycles. The minimum Gasteiger partial charge on any atom is -0.353 e. The second-order valence-electron chi connectivity index (χ2n) is 5.04. The molecule has 0 aromatic heterocycles. The van der Waals surface area contributed by atoms with E-state index in [0.29, 0.717) is 30.8 Å². The molecule has 0 bridgehead atoms. The van der Waals surface area contributed by atoms with Gasteiger partial charge in [-0.2, -0.15) is 0 Å². The Morgan fingerprint density at radius 1 is 1.44 bits per heavy atom. The molecule has 0 heterocycles. The van der Waals surface area contributed by atoms with Gasteiger partial charge in [0.25, 0.3) is 0 Å². The van der Waals surface area contributed by atoms with Gasteiger partial charge in [-0.3, -0.25) is 4.79 Å². The van der Waals surface area contributed by atoms with E-state index in [-0.39, 0.29) is 5.91 Å². The van der Waals surface area contributed by atoms with Gasteiger partial charge in [-0.25, -0.2) is 0 Å². The first-order chi connectivity index (χ1) is 7.63. The number of nitrogens with one attached hydrogen (secondary N) is 2. The third kappa shape index (κ3) is 5.47. The predicted octanol–water partition coefficient (Wildman–Crippen LogP) is 0.476. The normalized spacial score (nSPS) is 17.5. The van der Waals surface area contributed by atoms with Crippen LogP contribution in [0, 0.1) is 11.8 Å². The Bertz CT molecular complexity index is 214. The van der Waals surface area contributed by atoms with Crippen molar-refractivity contribution in [3.63, 3.8) is 0 Å². The van der Waals surface area contributed by atoms with Gasteiger partial charge in [0.05, 0.1) is 0 Å². The van der Waals surface area contributed by atoms with Crippen LogP contribution in [0.15, 0.2) is 0 Å². The molecule has 0 aromatic carbocycles. The van der Waals surface area contributed by atoms with Crippen LogP contribution >= 0.6 is 0 Å². The molecule has 1 rings (SSSR count). The van der Waals surface area contributed by atoms with Gasteiger partial charge < -0.3 is 16.4 Å². The van der Waals surface area contributed by atoms with Gasteiger partial charge in [0.1, 0.15) is 0 Å². The number of rotatable bonds is 8. The minimum absolute atomic E-state index is 0.170. The molecule has 4 heteroatoms. The fourth-order valence-electron chi connectivity index (χ4n) is 1.61. The molecule has 1 aliphatic rings. The molecule has 4 N–H and O–H groups in total. The van der Waals surface area contributed by atoms with E-state index in [1.807, 2.05) is 0 Å². The molecule has 1 amide bonds. The second kappa shape index (κ2) is 6.86. The average Bonchev–Trinajstić information content (AvgIpc) is 3.01. The molecule has 16 heavy (non-hydrogen) atoms. The monoisotopic (exact) mass is 227 g/mol. The van der Waals surface area contributed by atoms with Crippen LogP contribution in [0.1, 0.15) is 33.1 Å². The lowest BCUT2D eigenvalue weighted by Crippen LogP contribution is -2.34. The standard InChI is InChI=1S/C12H25N3O/c1-9(2)10(7-13)8-14-6-5-12(16)15-11-3-4-11/h9-11,14H,3-8,13H2,1-2H3,(H,15,16). The van der Waals surface area contributed by atoms with Crippen molar-refractivity contribution >= 4 is 5.91 Å². The third-order valence-electron chi connectivity index (χ3n) is 3.12. The zero-order chi connectivity index (χ0) is 12.0. The van der Waals surface area contributed by atoms with Gasteiger partial charge in [-0.1, -0.05) is 13.8 Å². The molecule has 1 aliphatic carbocycles. The van der Waals surface area contributed by atoms with Crippen molar-refractivity contribution in [2.24, 2.45) is 17.6 Å². The average molecular weight is 227 g/mol. The number of carbonyl (C=O) groups excluding carboxylic acids is 1. The summed E-state index contributed by atoms with van der Waals surface area (Å²) >= 11 is 0. The van der Waals surface area contributed by atoms with Crippen molar-refractivity contribution < 1.29 is 4.79 Å². The van der Waals surface area contributed by atoms with E-state index in [4.69, 9.17) is 5.73 Å². The van der Waals surface area contributed by atoms with Crippen molar-refractivity contribution in [1.29, 1.82) is 0 Å². The maximum atomic E-state index is 11.4. The van der Waals surface area contributed by atoms with Crippen molar-refractivity contribution in [2.75, 3.05) is 19.6 Å². The van der Waals surface area contributed by atoms with E-state index >= 15 is 0 Å². The summed E-state index contributed by atoms with van der Waals surface area (Å²) in [6.07, 6.45) is 2.88. The first kappa shape index (κ1) is 13.5. The lowest BCUT2D eigenvalue weighted by molar-refractivity contribution is -0.121. The summed E-state index contributed by atoms with van der Waals surface area (Å²) in [6, 6.07) is 0.472. The Balaban J connectivity index is 1.99. The van der Waals surface area contributed by atoms with Crippen molar-refractivity contribution in [2.45, 2.75) is 39.2 Å². The van der Waals surface area contributed by atoms with Gasteiger partial charge in [0.2, 0.25) is 5.91 Å². The highest BCUT2D eigenvalue weighted by molar-refractivity contribution is 5.76. The van der Waals surface area contributed by atoms with Crippen molar-refractivity contribution in [3.05, 3.63) is 0 Å². The highest BCUT2D eigenvalue weighted by Crippen LogP contribution is 2.18. The number of nitrogens with two attached hydrogens (primary N) is 1. The zero-order valence-electron chi connectivity index (χ0n) is 10.5. The summed E-state index contributed by atoms with van der Waals surface area (Å²) in [6.45, 7) is 6.73. The van der Waals surface area contributed by atoms with Crippen LogP contribution in [0.25, 0.3) is 0 Å².